The second kappa shape index (κ2) is 7.71. The van der Waals surface area contributed by atoms with Gasteiger partial charge in [-0.05, 0) is 48.1 Å². The summed E-state index contributed by atoms with van der Waals surface area (Å²) in [5, 5.41) is 1.11. The molecule has 7 heteroatoms. The fraction of sp³-hybridized carbons (Fsp3) is 0.375. The van der Waals surface area contributed by atoms with Gasteiger partial charge in [0.1, 0.15) is 0 Å². The van der Waals surface area contributed by atoms with Crippen LogP contribution in [0, 0.1) is 0 Å². The minimum absolute atomic E-state index is 0.0833. The molecule has 4 nitrogen and oxygen atoms in total. The monoisotopic (exact) mass is 427 g/mol. The van der Waals surface area contributed by atoms with E-state index in [1.165, 1.54) is 17.7 Å². The van der Waals surface area contributed by atoms with Gasteiger partial charge in [0, 0.05) is 50.5 Å². The summed E-state index contributed by atoms with van der Waals surface area (Å²) in [6, 6.07) is 13.7. The third-order valence-electron chi connectivity index (χ3n) is 6.40. The molecule has 2 aromatic carbocycles. The number of alkyl halides is 3. The Hall–Kier alpha value is -2.80. The van der Waals surface area contributed by atoms with Crippen molar-refractivity contribution >= 4 is 16.6 Å². The number of piperazine rings is 1. The van der Waals surface area contributed by atoms with E-state index >= 15 is 0 Å². The van der Waals surface area contributed by atoms with Crippen molar-refractivity contribution < 1.29 is 13.2 Å². The number of aromatic nitrogens is 1. The highest BCUT2D eigenvalue weighted by Crippen LogP contribution is 2.32. The zero-order chi connectivity index (χ0) is 21.6. The molecule has 0 aliphatic carbocycles. The van der Waals surface area contributed by atoms with Crippen LogP contribution in [-0.4, -0.2) is 35.6 Å². The predicted molar refractivity (Wildman–Crippen MR) is 115 cm³/mol. The number of rotatable bonds is 3. The quantitative estimate of drug-likeness (QED) is 0.625. The molecule has 0 saturated carbocycles. The molecule has 1 aromatic heterocycles. The lowest BCUT2D eigenvalue weighted by Crippen LogP contribution is -2.46. The predicted octanol–water partition coefficient (Wildman–Crippen LogP) is 4.29. The number of halogens is 3. The molecule has 162 valence electrons. The number of aryl methyl sites for hydroxylation is 2. The van der Waals surface area contributed by atoms with Crippen molar-refractivity contribution in [2.24, 2.45) is 0 Å². The summed E-state index contributed by atoms with van der Waals surface area (Å²) in [6.07, 6.45) is -2.35. The van der Waals surface area contributed by atoms with E-state index < -0.39 is 11.7 Å². The SMILES string of the molecule is O=c1c(CN2CCN(c3cccc(C(F)(F)F)c3)CC2)cc2cccc3c2n1CCC3. The van der Waals surface area contributed by atoms with Gasteiger partial charge in [0.15, 0.2) is 0 Å². The average molecular weight is 427 g/mol. The molecule has 0 spiro atoms. The molecule has 2 aliphatic rings. The van der Waals surface area contributed by atoms with E-state index in [2.05, 4.69) is 23.1 Å². The van der Waals surface area contributed by atoms with Crippen LogP contribution in [0.4, 0.5) is 18.9 Å². The molecule has 1 saturated heterocycles. The van der Waals surface area contributed by atoms with Gasteiger partial charge < -0.3 is 9.47 Å². The van der Waals surface area contributed by atoms with Gasteiger partial charge in [0.25, 0.3) is 5.56 Å². The smallest absolute Gasteiger partial charge is 0.369 e. The van der Waals surface area contributed by atoms with Crippen molar-refractivity contribution in [3.8, 4) is 0 Å². The van der Waals surface area contributed by atoms with E-state index in [-0.39, 0.29) is 5.56 Å². The number of para-hydroxylation sites is 1. The number of benzene rings is 2. The van der Waals surface area contributed by atoms with Crippen molar-refractivity contribution in [1.29, 1.82) is 0 Å². The Morgan fingerprint density at radius 2 is 1.68 bits per heavy atom. The van der Waals surface area contributed by atoms with Gasteiger partial charge >= 0.3 is 6.18 Å². The molecular weight excluding hydrogens is 403 g/mol. The first-order chi connectivity index (χ1) is 14.9. The molecule has 0 amide bonds. The van der Waals surface area contributed by atoms with Crippen LogP contribution < -0.4 is 10.5 Å². The Morgan fingerprint density at radius 3 is 2.45 bits per heavy atom. The van der Waals surface area contributed by atoms with E-state index in [4.69, 9.17) is 0 Å². The molecule has 0 atom stereocenters. The summed E-state index contributed by atoms with van der Waals surface area (Å²) >= 11 is 0. The third kappa shape index (κ3) is 3.82. The van der Waals surface area contributed by atoms with Crippen LogP contribution in [0.15, 0.2) is 53.3 Å². The standard InChI is InChI=1S/C24H24F3N3O/c25-24(26,27)20-7-2-8-21(15-20)29-12-10-28(11-13-29)16-19-14-18-5-1-4-17-6-3-9-30(22(17)18)23(19)31/h1-2,4-5,7-8,14-15H,3,6,9-13,16H2. The molecule has 0 bridgehead atoms. The lowest BCUT2D eigenvalue weighted by atomic mass is 10.00. The number of nitrogens with zero attached hydrogens (tertiary/aromatic N) is 3. The largest absolute Gasteiger partial charge is 0.416 e. The lowest BCUT2D eigenvalue weighted by Gasteiger charge is -2.36. The van der Waals surface area contributed by atoms with Crippen molar-refractivity contribution in [2.45, 2.75) is 32.1 Å². The minimum atomic E-state index is -4.34. The minimum Gasteiger partial charge on any atom is -0.369 e. The summed E-state index contributed by atoms with van der Waals surface area (Å²) in [6.45, 7) is 3.99. The molecule has 2 aliphatic heterocycles. The molecule has 31 heavy (non-hydrogen) atoms. The first kappa shape index (κ1) is 20.1. The molecule has 3 aromatic rings. The second-order valence-corrected chi connectivity index (χ2v) is 8.40. The zero-order valence-corrected chi connectivity index (χ0v) is 17.2. The van der Waals surface area contributed by atoms with Crippen molar-refractivity contribution in [3.63, 3.8) is 0 Å². The molecule has 5 rings (SSSR count). The average Bonchev–Trinajstić information content (AvgIpc) is 2.77. The van der Waals surface area contributed by atoms with Crippen LogP contribution in [-0.2, 0) is 25.7 Å². The van der Waals surface area contributed by atoms with Crippen LogP contribution in [0.5, 0.6) is 0 Å². The number of pyridine rings is 1. The first-order valence-electron chi connectivity index (χ1n) is 10.7. The maximum absolute atomic E-state index is 13.1. The summed E-state index contributed by atoms with van der Waals surface area (Å²) in [5.41, 5.74) is 3.15. The Morgan fingerprint density at radius 1 is 0.903 bits per heavy atom. The van der Waals surface area contributed by atoms with Gasteiger partial charge in [-0.25, -0.2) is 0 Å². The Bertz CT molecular complexity index is 1180. The second-order valence-electron chi connectivity index (χ2n) is 8.40. The van der Waals surface area contributed by atoms with Gasteiger partial charge in [-0.3, -0.25) is 9.69 Å². The molecule has 0 unspecified atom stereocenters. The topological polar surface area (TPSA) is 28.5 Å². The Labute approximate surface area is 178 Å². The van der Waals surface area contributed by atoms with E-state index in [0.717, 1.165) is 41.9 Å². The van der Waals surface area contributed by atoms with Gasteiger partial charge in [0.05, 0.1) is 11.1 Å². The summed E-state index contributed by atoms with van der Waals surface area (Å²) in [5.74, 6) is 0. The first-order valence-corrected chi connectivity index (χ1v) is 10.7. The van der Waals surface area contributed by atoms with Gasteiger partial charge in [-0.15, -0.1) is 0 Å². The van der Waals surface area contributed by atoms with Crippen LogP contribution in [0.2, 0.25) is 0 Å². The summed E-state index contributed by atoms with van der Waals surface area (Å²) in [7, 11) is 0. The van der Waals surface area contributed by atoms with Gasteiger partial charge in [-0.2, -0.15) is 13.2 Å². The van der Waals surface area contributed by atoms with Crippen LogP contribution >= 0.6 is 0 Å². The highest BCUT2D eigenvalue weighted by molar-refractivity contribution is 5.83. The van der Waals surface area contributed by atoms with Crippen molar-refractivity contribution in [3.05, 3.63) is 75.6 Å². The fourth-order valence-corrected chi connectivity index (χ4v) is 4.82. The molecular formula is C24H24F3N3O. The third-order valence-corrected chi connectivity index (χ3v) is 6.40. The zero-order valence-electron chi connectivity index (χ0n) is 17.2. The molecule has 1 fully saturated rings. The van der Waals surface area contributed by atoms with Gasteiger partial charge in [0.2, 0.25) is 0 Å². The van der Waals surface area contributed by atoms with E-state index in [1.807, 2.05) is 15.5 Å². The maximum atomic E-state index is 13.1. The van der Waals surface area contributed by atoms with Crippen molar-refractivity contribution in [2.75, 3.05) is 31.1 Å². The van der Waals surface area contributed by atoms with Crippen molar-refractivity contribution in [1.82, 2.24) is 9.47 Å². The molecule has 0 radical (unpaired) electrons. The Balaban J connectivity index is 1.32. The highest BCUT2D eigenvalue weighted by Gasteiger charge is 2.31. The number of hydrogen-bond donors (Lipinski definition) is 0. The van der Waals surface area contributed by atoms with Crippen LogP contribution in [0.25, 0.3) is 10.9 Å². The van der Waals surface area contributed by atoms with E-state index in [9.17, 15) is 18.0 Å². The van der Waals surface area contributed by atoms with E-state index in [0.29, 0.717) is 38.4 Å². The number of hydrogen-bond acceptors (Lipinski definition) is 3. The summed E-state index contributed by atoms with van der Waals surface area (Å²) < 4.78 is 41.0. The van der Waals surface area contributed by atoms with E-state index in [1.54, 1.807) is 6.07 Å². The van der Waals surface area contributed by atoms with Crippen LogP contribution in [0.3, 0.4) is 0 Å². The summed E-state index contributed by atoms with van der Waals surface area (Å²) in [4.78, 5) is 17.3. The fourth-order valence-electron chi connectivity index (χ4n) is 4.82. The number of anilines is 1. The highest BCUT2D eigenvalue weighted by atomic mass is 19.4. The van der Waals surface area contributed by atoms with Gasteiger partial charge in [-0.1, -0.05) is 24.3 Å². The van der Waals surface area contributed by atoms with Crippen LogP contribution in [0.1, 0.15) is 23.1 Å². The normalized spacial score (nSPS) is 17.3. The molecule has 3 heterocycles. The lowest BCUT2D eigenvalue weighted by molar-refractivity contribution is -0.137. The maximum Gasteiger partial charge on any atom is 0.416 e. The molecule has 0 N–H and O–H groups in total. The Kier molecular flexibility index (Phi) is 5.01.